The van der Waals surface area contributed by atoms with Gasteiger partial charge >= 0.3 is 0 Å². The Morgan fingerprint density at radius 2 is 1.74 bits per heavy atom. The van der Waals surface area contributed by atoms with Gasteiger partial charge in [-0.2, -0.15) is 0 Å². The molecule has 0 aliphatic heterocycles. The van der Waals surface area contributed by atoms with Crippen molar-refractivity contribution in [3.05, 3.63) is 89.5 Å². The van der Waals surface area contributed by atoms with Crippen LogP contribution in [0.2, 0.25) is 0 Å². The van der Waals surface area contributed by atoms with E-state index < -0.39 is 0 Å². The van der Waals surface area contributed by atoms with Gasteiger partial charge in [0.1, 0.15) is 0 Å². The molecule has 3 rings (SSSR count). The Morgan fingerprint density at radius 1 is 1.00 bits per heavy atom. The van der Waals surface area contributed by atoms with Crippen LogP contribution in [-0.2, 0) is 17.6 Å². The van der Waals surface area contributed by atoms with Crippen LogP contribution in [0.15, 0.2) is 77.8 Å². The lowest BCUT2D eigenvalue weighted by Crippen LogP contribution is -2.09. The van der Waals surface area contributed by atoms with Gasteiger partial charge in [0, 0.05) is 17.7 Å². The molecule has 1 amide bonds. The maximum Gasteiger partial charge on any atom is 0.211 e. The lowest BCUT2D eigenvalue weighted by molar-refractivity contribution is -0.105. The summed E-state index contributed by atoms with van der Waals surface area (Å²) in [6.07, 6.45) is 2.24. The third-order valence-corrected chi connectivity index (χ3v) is 4.43. The summed E-state index contributed by atoms with van der Waals surface area (Å²) in [6.45, 7) is 2.12. The average Bonchev–Trinajstić information content (AvgIpc) is 2.70. The number of nitrogen functional groups attached to an aromatic ring is 1. The molecule has 0 aromatic heterocycles. The summed E-state index contributed by atoms with van der Waals surface area (Å²) in [7, 11) is 0. The lowest BCUT2D eigenvalue weighted by Gasteiger charge is -2.13. The fourth-order valence-corrected chi connectivity index (χ4v) is 2.96. The number of carbonyl (C=O) groups is 1. The Labute approximate surface area is 159 Å². The van der Waals surface area contributed by atoms with Crippen LogP contribution in [0.25, 0.3) is 0 Å². The van der Waals surface area contributed by atoms with Gasteiger partial charge in [-0.3, -0.25) is 9.79 Å². The van der Waals surface area contributed by atoms with Crippen LogP contribution in [0, 0.1) is 0 Å². The van der Waals surface area contributed by atoms with E-state index in [4.69, 9.17) is 10.7 Å². The highest BCUT2D eigenvalue weighted by Gasteiger charge is 2.11. The number of nitrogens with one attached hydrogen (secondary N) is 1. The van der Waals surface area contributed by atoms with E-state index in [-0.39, 0.29) is 0 Å². The second-order valence-electron chi connectivity index (χ2n) is 6.28. The first-order valence-electron chi connectivity index (χ1n) is 9.00. The van der Waals surface area contributed by atoms with Crippen molar-refractivity contribution in [2.75, 3.05) is 11.1 Å². The van der Waals surface area contributed by atoms with E-state index in [9.17, 15) is 4.79 Å². The van der Waals surface area contributed by atoms with Gasteiger partial charge in [-0.15, -0.1) is 0 Å². The third kappa shape index (κ3) is 4.61. The first-order chi connectivity index (χ1) is 13.2. The van der Waals surface area contributed by atoms with E-state index >= 15 is 0 Å². The smallest absolute Gasteiger partial charge is 0.211 e. The minimum Gasteiger partial charge on any atom is -0.398 e. The number of nitrogens with two attached hydrogens (primary N) is 1. The molecule has 0 atom stereocenters. The summed E-state index contributed by atoms with van der Waals surface area (Å²) in [5, 5.41) is 2.72. The molecule has 3 aromatic rings. The largest absolute Gasteiger partial charge is 0.398 e. The molecule has 0 saturated heterocycles. The van der Waals surface area contributed by atoms with Crippen molar-refractivity contribution in [2.45, 2.75) is 19.8 Å². The molecule has 3 aromatic carbocycles. The number of aliphatic imine (C=N–C) groups is 1. The Bertz CT molecular complexity index is 949. The van der Waals surface area contributed by atoms with Gasteiger partial charge in [-0.25, -0.2) is 0 Å². The van der Waals surface area contributed by atoms with Gasteiger partial charge in [0.15, 0.2) is 0 Å². The highest BCUT2D eigenvalue weighted by atomic mass is 16.1. The molecular weight excluding hydrogens is 334 g/mol. The minimum absolute atomic E-state index is 0.646. The highest BCUT2D eigenvalue weighted by Crippen LogP contribution is 2.27. The maximum atomic E-state index is 10.9. The van der Waals surface area contributed by atoms with Crippen LogP contribution >= 0.6 is 0 Å². The number of benzene rings is 3. The monoisotopic (exact) mass is 357 g/mol. The molecule has 0 saturated carbocycles. The van der Waals surface area contributed by atoms with Crippen molar-refractivity contribution < 1.29 is 4.79 Å². The predicted molar refractivity (Wildman–Crippen MR) is 113 cm³/mol. The second kappa shape index (κ2) is 8.81. The zero-order valence-electron chi connectivity index (χ0n) is 15.4. The van der Waals surface area contributed by atoms with E-state index in [0.29, 0.717) is 29.9 Å². The van der Waals surface area contributed by atoms with Gasteiger partial charge in [0.05, 0.1) is 17.1 Å². The van der Waals surface area contributed by atoms with Crippen LogP contribution in [0.1, 0.15) is 23.6 Å². The Morgan fingerprint density at radius 3 is 2.48 bits per heavy atom. The number of para-hydroxylation sites is 2. The lowest BCUT2D eigenvalue weighted by atomic mass is 9.98. The minimum atomic E-state index is 0.646. The van der Waals surface area contributed by atoms with Gasteiger partial charge in [-0.1, -0.05) is 55.5 Å². The van der Waals surface area contributed by atoms with Crippen molar-refractivity contribution in [1.29, 1.82) is 0 Å². The van der Waals surface area contributed by atoms with E-state index in [1.165, 1.54) is 5.56 Å². The van der Waals surface area contributed by atoms with Gasteiger partial charge in [-0.05, 0) is 41.8 Å². The number of aryl methyl sites for hydroxylation is 1. The van der Waals surface area contributed by atoms with Crippen LogP contribution in [0.5, 0.6) is 0 Å². The van der Waals surface area contributed by atoms with Gasteiger partial charge < -0.3 is 11.1 Å². The fourth-order valence-electron chi connectivity index (χ4n) is 2.96. The summed E-state index contributed by atoms with van der Waals surface area (Å²) in [6, 6.07) is 23.7. The molecule has 0 aliphatic carbocycles. The SMILES string of the molecule is CCc1ccc(N)c(/C(Cc2ccccc2)=N/c2ccccc2NC=O)c1. The van der Waals surface area contributed by atoms with Crippen LogP contribution < -0.4 is 11.1 Å². The molecule has 136 valence electrons. The Hall–Kier alpha value is -3.40. The molecule has 0 spiro atoms. The number of rotatable bonds is 7. The first kappa shape index (κ1) is 18.4. The Kier molecular flexibility index (Phi) is 6.00. The van der Waals surface area contributed by atoms with E-state index in [1.54, 1.807) is 0 Å². The molecule has 0 heterocycles. The summed E-state index contributed by atoms with van der Waals surface area (Å²) in [4.78, 5) is 15.8. The molecule has 27 heavy (non-hydrogen) atoms. The topological polar surface area (TPSA) is 67.5 Å². The number of anilines is 2. The van der Waals surface area contributed by atoms with Crippen molar-refractivity contribution in [1.82, 2.24) is 0 Å². The zero-order valence-corrected chi connectivity index (χ0v) is 15.4. The maximum absolute atomic E-state index is 10.9. The molecule has 3 N–H and O–H groups in total. The summed E-state index contributed by atoms with van der Waals surface area (Å²) in [5.41, 5.74) is 12.5. The molecule has 0 unspecified atom stereocenters. The molecule has 0 bridgehead atoms. The number of hydrogen-bond donors (Lipinski definition) is 2. The fraction of sp³-hybridized carbons (Fsp3) is 0.130. The van der Waals surface area contributed by atoms with E-state index in [0.717, 1.165) is 23.3 Å². The second-order valence-corrected chi connectivity index (χ2v) is 6.28. The number of carbonyl (C=O) groups excluding carboxylic acids is 1. The van der Waals surface area contributed by atoms with Crippen molar-refractivity contribution in [3.8, 4) is 0 Å². The van der Waals surface area contributed by atoms with E-state index in [1.807, 2.05) is 54.6 Å². The van der Waals surface area contributed by atoms with Gasteiger partial charge in [0.25, 0.3) is 0 Å². The summed E-state index contributed by atoms with van der Waals surface area (Å²) < 4.78 is 0. The summed E-state index contributed by atoms with van der Waals surface area (Å²) >= 11 is 0. The zero-order chi connectivity index (χ0) is 19.1. The van der Waals surface area contributed by atoms with Crippen molar-refractivity contribution in [3.63, 3.8) is 0 Å². The van der Waals surface area contributed by atoms with Crippen LogP contribution in [-0.4, -0.2) is 12.1 Å². The standard InChI is InChI=1S/C23H23N3O/c1-2-17-12-13-20(24)19(14-17)23(15-18-8-4-3-5-9-18)26-22-11-7-6-10-21(22)25-16-27/h3-14,16H,2,15,24H2,1H3,(H,25,27)/b26-23+. The van der Waals surface area contributed by atoms with Gasteiger partial charge in [0.2, 0.25) is 6.41 Å². The highest BCUT2D eigenvalue weighted by molar-refractivity contribution is 6.07. The molecule has 0 fully saturated rings. The molecule has 0 aliphatic rings. The number of hydrogen-bond acceptors (Lipinski definition) is 3. The first-order valence-corrected chi connectivity index (χ1v) is 9.00. The molecule has 0 radical (unpaired) electrons. The number of nitrogens with zero attached hydrogens (tertiary/aromatic N) is 1. The Balaban J connectivity index is 2.12. The van der Waals surface area contributed by atoms with Crippen LogP contribution in [0.3, 0.4) is 0 Å². The van der Waals surface area contributed by atoms with E-state index in [2.05, 4.69) is 30.4 Å². The van der Waals surface area contributed by atoms with Crippen molar-refractivity contribution in [2.24, 2.45) is 4.99 Å². The molecule has 4 heteroatoms. The molecular formula is C23H23N3O. The van der Waals surface area contributed by atoms with Crippen molar-refractivity contribution >= 4 is 29.2 Å². The third-order valence-electron chi connectivity index (χ3n) is 4.43. The number of amides is 1. The average molecular weight is 357 g/mol. The normalized spacial score (nSPS) is 11.2. The van der Waals surface area contributed by atoms with Crippen LogP contribution in [0.4, 0.5) is 17.1 Å². The quantitative estimate of drug-likeness (QED) is 0.363. The molecule has 4 nitrogen and oxygen atoms in total. The summed E-state index contributed by atoms with van der Waals surface area (Å²) in [5.74, 6) is 0. The predicted octanol–water partition coefficient (Wildman–Crippen LogP) is 4.76.